The number of carbonyl (C=O) groups is 1. The quantitative estimate of drug-likeness (QED) is 0.613. The van der Waals surface area contributed by atoms with Gasteiger partial charge in [0.05, 0.1) is 24.9 Å². The van der Waals surface area contributed by atoms with Gasteiger partial charge in [-0.2, -0.15) is 0 Å². The Morgan fingerprint density at radius 2 is 2.17 bits per heavy atom. The number of hydrogen-bond donors (Lipinski definition) is 3. The van der Waals surface area contributed by atoms with Crippen LogP contribution in [0.1, 0.15) is 36.0 Å². The van der Waals surface area contributed by atoms with Crippen molar-refractivity contribution in [3.05, 3.63) is 58.5 Å². The average Bonchev–Trinajstić information content (AvgIpc) is 2.68. The van der Waals surface area contributed by atoms with Crippen molar-refractivity contribution in [3.8, 4) is 0 Å². The van der Waals surface area contributed by atoms with E-state index in [-0.39, 0.29) is 31.2 Å². The molecule has 1 saturated carbocycles. The van der Waals surface area contributed by atoms with Gasteiger partial charge in [-0.05, 0) is 43.9 Å². The molecule has 156 valence electrons. The van der Waals surface area contributed by atoms with E-state index in [0.29, 0.717) is 29.2 Å². The molecule has 2 unspecified atom stereocenters. The predicted octanol–water partition coefficient (Wildman–Crippen LogP) is 1.60. The third-order valence-electron chi connectivity index (χ3n) is 5.36. The Kier molecular flexibility index (Phi) is 6.52. The van der Waals surface area contributed by atoms with Crippen LogP contribution >= 0.6 is 0 Å². The van der Waals surface area contributed by atoms with Crippen molar-refractivity contribution in [2.45, 2.75) is 43.9 Å². The fourth-order valence-electron chi connectivity index (χ4n) is 3.93. The maximum absolute atomic E-state index is 12.8. The van der Waals surface area contributed by atoms with Crippen molar-refractivity contribution in [1.82, 2.24) is 9.88 Å². The van der Waals surface area contributed by atoms with Gasteiger partial charge in [0.1, 0.15) is 0 Å². The molecule has 0 bridgehead atoms. The molecule has 3 rings (SSSR count). The molecular formula is C22H28N2O5. The third-order valence-corrected chi connectivity index (χ3v) is 5.36. The molecule has 3 N–H and O–H groups in total. The predicted molar refractivity (Wildman–Crippen MR) is 111 cm³/mol. The minimum absolute atomic E-state index is 0.107. The molecule has 1 heterocycles. The first-order valence-corrected chi connectivity index (χ1v) is 9.79. The summed E-state index contributed by atoms with van der Waals surface area (Å²) in [5.74, 6) is -0.336. The van der Waals surface area contributed by atoms with Gasteiger partial charge >= 0.3 is 0 Å². The second-order valence-corrected chi connectivity index (χ2v) is 7.84. The summed E-state index contributed by atoms with van der Waals surface area (Å²) in [7, 11) is 1.48. The number of benzene rings is 1. The molecule has 1 aromatic heterocycles. The molecule has 2 aromatic rings. The Labute approximate surface area is 169 Å². The molecule has 7 nitrogen and oxygen atoms in total. The van der Waals surface area contributed by atoms with E-state index in [4.69, 9.17) is 4.74 Å². The van der Waals surface area contributed by atoms with Gasteiger partial charge in [-0.1, -0.05) is 18.2 Å². The first kappa shape index (κ1) is 21.2. The van der Waals surface area contributed by atoms with Crippen molar-refractivity contribution < 1.29 is 19.7 Å². The number of aromatic nitrogens is 1. The highest BCUT2D eigenvalue weighted by Crippen LogP contribution is 2.30. The Bertz CT molecular complexity index is 967. The molecule has 1 aromatic carbocycles. The van der Waals surface area contributed by atoms with E-state index in [1.54, 1.807) is 30.5 Å². The van der Waals surface area contributed by atoms with E-state index in [9.17, 15) is 19.8 Å². The number of nitrogens with zero attached hydrogens (tertiary/aromatic N) is 1. The van der Waals surface area contributed by atoms with Crippen LogP contribution in [0.25, 0.3) is 10.8 Å². The highest BCUT2D eigenvalue weighted by atomic mass is 16.5. The van der Waals surface area contributed by atoms with Crippen LogP contribution in [0, 0.1) is 0 Å². The van der Waals surface area contributed by atoms with Crippen molar-refractivity contribution in [1.29, 1.82) is 0 Å². The molecule has 1 aliphatic rings. The van der Waals surface area contributed by atoms with Crippen molar-refractivity contribution in [2.75, 3.05) is 20.3 Å². The van der Waals surface area contributed by atoms with E-state index >= 15 is 0 Å². The lowest BCUT2D eigenvalue weighted by molar-refractivity contribution is 0.0199. The molecule has 0 radical (unpaired) electrons. The van der Waals surface area contributed by atoms with Gasteiger partial charge in [-0.3, -0.25) is 9.59 Å². The van der Waals surface area contributed by atoms with Gasteiger partial charge in [-0.15, -0.1) is 0 Å². The summed E-state index contributed by atoms with van der Waals surface area (Å²) >= 11 is 0. The lowest BCUT2D eigenvalue weighted by Gasteiger charge is -2.33. The molecule has 7 heteroatoms. The lowest BCUT2D eigenvalue weighted by Crippen LogP contribution is -2.44. The van der Waals surface area contributed by atoms with Gasteiger partial charge in [0.15, 0.2) is 0 Å². The standard InChI is InChI=1S/C22H28N2O5/c1-15-5-4-9-22(28,11-15)14-23-20(26)18-6-3-7-19-17(18)8-10-24(21(19)27)12-16(25)13-29-2/h3,6-8,10,16,25,28H,1,4-5,9,11-14H2,2H3,(H,23,26). The van der Waals surface area contributed by atoms with Crippen LogP contribution in [0.5, 0.6) is 0 Å². The molecule has 29 heavy (non-hydrogen) atoms. The van der Waals surface area contributed by atoms with Crippen molar-refractivity contribution in [3.63, 3.8) is 0 Å². The molecule has 0 spiro atoms. The fraction of sp³-hybridized carbons (Fsp3) is 0.455. The number of carbonyl (C=O) groups excluding carboxylic acids is 1. The van der Waals surface area contributed by atoms with Gasteiger partial charge in [0.25, 0.3) is 11.5 Å². The molecule has 1 amide bonds. The topological polar surface area (TPSA) is 101 Å². The molecule has 1 aliphatic carbocycles. The van der Waals surface area contributed by atoms with E-state index in [0.717, 1.165) is 18.4 Å². The van der Waals surface area contributed by atoms with E-state index < -0.39 is 11.7 Å². The Morgan fingerprint density at radius 1 is 1.38 bits per heavy atom. The van der Waals surface area contributed by atoms with Crippen LogP contribution in [0.3, 0.4) is 0 Å². The number of hydrogen-bond acceptors (Lipinski definition) is 5. The average molecular weight is 400 g/mol. The zero-order chi connectivity index (χ0) is 21.0. The summed E-state index contributed by atoms with van der Waals surface area (Å²) in [6.07, 6.45) is 3.64. The minimum atomic E-state index is -0.972. The summed E-state index contributed by atoms with van der Waals surface area (Å²) < 4.78 is 6.31. The van der Waals surface area contributed by atoms with Crippen molar-refractivity contribution >= 4 is 16.7 Å². The van der Waals surface area contributed by atoms with E-state index in [1.807, 2.05) is 0 Å². The van der Waals surface area contributed by atoms with Crippen molar-refractivity contribution in [2.24, 2.45) is 0 Å². The number of rotatable bonds is 7. The van der Waals surface area contributed by atoms with E-state index in [2.05, 4.69) is 11.9 Å². The number of aliphatic hydroxyl groups is 2. The van der Waals surface area contributed by atoms with Crippen LogP contribution in [0.15, 0.2) is 47.4 Å². The van der Waals surface area contributed by atoms with Crippen LogP contribution < -0.4 is 10.9 Å². The summed E-state index contributed by atoms with van der Waals surface area (Å²) in [5, 5.41) is 24.3. The zero-order valence-electron chi connectivity index (χ0n) is 16.7. The maximum Gasteiger partial charge on any atom is 0.258 e. The normalized spacial score (nSPS) is 20.6. The number of pyridine rings is 1. The number of nitrogens with one attached hydrogen (secondary N) is 1. The third kappa shape index (κ3) is 4.93. The van der Waals surface area contributed by atoms with Crippen LogP contribution in [-0.2, 0) is 11.3 Å². The number of amides is 1. The van der Waals surface area contributed by atoms with Crippen LogP contribution in [0.2, 0.25) is 0 Å². The molecule has 2 atom stereocenters. The monoisotopic (exact) mass is 400 g/mol. The summed E-state index contributed by atoms with van der Waals surface area (Å²) in [6.45, 7) is 4.33. The summed E-state index contributed by atoms with van der Waals surface area (Å²) in [5.41, 5.74) is 0.117. The van der Waals surface area contributed by atoms with Crippen LogP contribution in [0.4, 0.5) is 0 Å². The second kappa shape index (κ2) is 8.90. The zero-order valence-corrected chi connectivity index (χ0v) is 16.7. The highest BCUT2D eigenvalue weighted by molar-refractivity contribution is 6.06. The highest BCUT2D eigenvalue weighted by Gasteiger charge is 2.31. The summed E-state index contributed by atoms with van der Waals surface area (Å²) in [4.78, 5) is 25.5. The first-order chi connectivity index (χ1) is 13.8. The smallest absolute Gasteiger partial charge is 0.258 e. The lowest BCUT2D eigenvalue weighted by atomic mass is 9.82. The van der Waals surface area contributed by atoms with Gasteiger partial charge < -0.3 is 24.8 Å². The van der Waals surface area contributed by atoms with Gasteiger partial charge in [0, 0.05) is 36.2 Å². The van der Waals surface area contributed by atoms with Gasteiger partial charge in [0.2, 0.25) is 0 Å². The summed E-state index contributed by atoms with van der Waals surface area (Å²) in [6, 6.07) is 6.67. The molecule has 1 fully saturated rings. The second-order valence-electron chi connectivity index (χ2n) is 7.84. The molecule has 0 aliphatic heterocycles. The number of aliphatic hydroxyl groups excluding tert-OH is 1. The Morgan fingerprint density at radius 3 is 2.90 bits per heavy atom. The molecular weight excluding hydrogens is 372 g/mol. The number of methoxy groups -OCH3 is 1. The van der Waals surface area contributed by atoms with E-state index in [1.165, 1.54) is 11.7 Å². The minimum Gasteiger partial charge on any atom is -0.389 e. The number of ether oxygens (including phenoxy) is 1. The van der Waals surface area contributed by atoms with Gasteiger partial charge in [-0.25, -0.2) is 0 Å². The number of fused-ring (bicyclic) bond motifs is 1. The Hall–Kier alpha value is -2.48. The largest absolute Gasteiger partial charge is 0.389 e. The fourth-order valence-corrected chi connectivity index (χ4v) is 3.93. The maximum atomic E-state index is 12.8. The Balaban J connectivity index is 1.80. The van der Waals surface area contributed by atoms with Crippen LogP contribution in [-0.4, -0.2) is 52.7 Å². The molecule has 0 saturated heterocycles. The first-order valence-electron chi connectivity index (χ1n) is 9.79. The SMILES string of the molecule is C=C1CCCC(O)(CNC(=O)c2cccc3c(=O)n(CC(O)COC)ccc23)C1.